The Morgan fingerprint density at radius 1 is 1.19 bits per heavy atom. The van der Waals surface area contributed by atoms with Gasteiger partial charge in [-0.15, -0.1) is 0 Å². The van der Waals surface area contributed by atoms with Gasteiger partial charge >= 0.3 is 0 Å². The van der Waals surface area contributed by atoms with Crippen LogP contribution in [-0.4, -0.2) is 27.9 Å². The fourth-order valence-electron chi connectivity index (χ4n) is 3.16. The van der Waals surface area contributed by atoms with Crippen molar-refractivity contribution in [2.75, 3.05) is 12.0 Å². The number of ether oxygens (including phenoxy) is 1. The number of benzene rings is 2. The first-order chi connectivity index (χ1) is 15.0. The van der Waals surface area contributed by atoms with Crippen molar-refractivity contribution in [3.63, 3.8) is 0 Å². The van der Waals surface area contributed by atoms with Crippen molar-refractivity contribution >= 4 is 38.3 Å². The lowest BCUT2D eigenvalue weighted by Gasteiger charge is -2.20. The predicted molar refractivity (Wildman–Crippen MR) is 119 cm³/mol. The number of carbonyl (C=O) groups is 1. The number of hydrogen-bond acceptors (Lipinski definition) is 7. The summed E-state index contributed by atoms with van der Waals surface area (Å²) < 4.78 is 6.37. The number of carbonyl (C=O) groups excluding carboxylic acids is 1. The van der Waals surface area contributed by atoms with Gasteiger partial charge in [-0.1, -0.05) is 23.5 Å². The Hall–Kier alpha value is -3.85. The van der Waals surface area contributed by atoms with E-state index in [2.05, 4.69) is 4.98 Å². The highest BCUT2D eigenvalue weighted by Crippen LogP contribution is 2.37. The van der Waals surface area contributed by atoms with Crippen molar-refractivity contribution in [2.24, 2.45) is 0 Å². The van der Waals surface area contributed by atoms with Crippen molar-refractivity contribution in [2.45, 2.75) is 13.5 Å². The molecule has 31 heavy (non-hydrogen) atoms. The Labute approximate surface area is 181 Å². The molecule has 2 aromatic heterocycles. The number of fused-ring (bicyclic) bond motifs is 1. The summed E-state index contributed by atoms with van der Waals surface area (Å²) in [6.45, 7) is 2.23. The third kappa shape index (κ3) is 4.08. The molecule has 1 amide bonds. The fourth-order valence-corrected chi connectivity index (χ4v) is 4.21. The normalized spacial score (nSPS) is 10.8. The molecule has 0 N–H and O–H groups in total. The van der Waals surface area contributed by atoms with Crippen LogP contribution in [0.4, 0.5) is 10.8 Å². The molecule has 2 aromatic carbocycles. The summed E-state index contributed by atoms with van der Waals surface area (Å²) in [6, 6.07) is 13.0. The zero-order valence-corrected chi connectivity index (χ0v) is 17.6. The van der Waals surface area contributed by atoms with E-state index < -0.39 is 4.92 Å². The SMILES string of the molecule is COc1ccc(C)c2sc(N(Cc3cccnc3)C(=O)c3ccc([N+](=O)[O-])cc3)nc12. The van der Waals surface area contributed by atoms with E-state index in [1.807, 2.05) is 25.1 Å². The van der Waals surface area contributed by atoms with Gasteiger partial charge in [-0.05, 0) is 42.3 Å². The molecule has 156 valence electrons. The van der Waals surface area contributed by atoms with Crippen LogP contribution in [0.3, 0.4) is 0 Å². The topological polar surface area (TPSA) is 98.5 Å². The summed E-state index contributed by atoms with van der Waals surface area (Å²) in [6.07, 6.45) is 3.35. The second-order valence-corrected chi connectivity index (χ2v) is 7.79. The van der Waals surface area contributed by atoms with E-state index in [1.54, 1.807) is 30.5 Å². The minimum atomic E-state index is -0.496. The van der Waals surface area contributed by atoms with Crippen molar-refractivity contribution < 1.29 is 14.5 Å². The van der Waals surface area contributed by atoms with Gasteiger partial charge < -0.3 is 4.74 Å². The van der Waals surface area contributed by atoms with Gasteiger partial charge in [-0.3, -0.25) is 24.8 Å². The van der Waals surface area contributed by atoms with Gasteiger partial charge in [0.1, 0.15) is 11.3 Å². The highest BCUT2D eigenvalue weighted by molar-refractivity contribution is 7.22. The summed E-state index contributed by atoms with van der Waals surface area (Å²) in [5.41, 5.74) is 2.81. The third-order valence-corrected chi connectivity index (χ3v) is 5.99. The number of thiazole rings is 1. The van der Waals surface area contributed by atoms with Gasteiger partial charge in [0, 0.05) is 30.1 Å². The summed E-state index contributed by atoms with van der Waals surface area (Å²) in [4.78, 5) is 34.3. The molecule has 0 atom stereocenters. The smallest absolute Gasteiger partial charge is 0.269 e. The van der Waals surface area contributed by atoms with Crippen molar-refractivity contribution in [1.82, 2.24) is 9.97 Å². The number of hydrogen-bond donors (Lipinski definition) is 0. The molecule has 0 saturated heterocycles. The quantitative estimate of drug-likeness (QED) is 0.320. The van der Waals surface area contributed by atoms with E-state index in [9.17, 15) is 14.9 Å². The number of amides is 1. The molecule has 2 heterocycles. The highest BCUT2D eigenvalue weighted by atomic mass is 32.1. The van der Waals surface area contributed by atoms with Crippen LogP contribution in [-0.2, 0) is 6.54 Å². The maximum atomic E-state index is 13.4. The first kappa shape index (κ1) is 20.4. The van der Waals surface area contributed by atoms with Crippen LogP contribution in [0.1, 0.15) is 21.5 Å². The van der Waals surface area contributed by atoms with Gasteiger partial charge in [-0.25, -0.2) is 4.98 Å². The standard InChI is InChI=1S/C22H18N4O4S/c1-14-5-10-18(30-2)19-20(14)31-22(24-19)25(13-15-4-3-11-23-12-15)21(27)16-6-8-17(9-7-16)26(28)29/h3-12H,13H2,1-2H3. The van der Waals surface area contributed by atoms with Crippen LogP contribution >= 0.6 is 11.3 Å². The summed E-state index contributed by atoms with van der Waals surface area (Å²) in [5, 5.41) is 11.5. The van der Waals surface area contributed by atoms with Crippen molar-refractivity contribution in [3.05, 3.63) is 87.7 Å². The zero-order valence-electron chi connectivity index (χ0n) is 16.8. The molecule has 0 spiro atoms. The van der Waals surface area contributed by atoms with Crippen LogP contribution in [0.25, 0.3) is 10.2 Å². The number of aryl methyl sites for hydroxylation is 1. The molecule has 0 aliphatic carbocycles. The number of nitrogens with zero attached hydrogens (tertiary/aromatic N) is 4. The monoisotopic (exact) mass is 434 g/mol. The first-order valence-electron chi connectivity index (χ1n) is 9.37. The highest BCUT2D eigenvalue weighted by Gasteiger charge is 2.24. The van der Waals surface area contributed by atoms with E-state index in [4.69, 9.17) is 9.72 Å². The van der Waals surface area contributed by atoms with Gasteiger partial charge in [0.05, 0.1) is 23.3 Å². The van der Waals surface area contributed by atoms with E-state index in [0.717, 1.165) is 15.8 Å². The number of aromatic nitrogens is 2. The molecule has 0 bridgehead atoms. The molecule has 8 nitrogen and oxygen atoms in total. The van der Waals surface area contributed by atoms with Crippen LogP contribution in [0.5, 0.6) is 5.75 Å². The van der Waals surface area contributed by atoms with Gasteiger partial charge in [0.2, 0.25) is 0 Å². The number of non-ortho nitro benzene ring substituents is 1. The van der Waals surface area contributed by atoms with Crippen molar-refractivity contribution in [3.8, 4) is 5.75 Å². The average Bonchev–Trinajstić information content (AvgIpc) is 3.24. The maximum absolute atomic E-state index is 13.4. The van der Waals surface area contributed by atoms with Crippen LogP contribution in [0.2, 0.25) is 0 Å². The molecular formula is C22H18N4O4S. The molecule has 4 rings (SSSR count). The maximum Gasteiger partial charge on any atom is 0.269 e. The molecule has 4 aromatic rings. The van der Waals surface area contributed by atoms with Crippen LogP contribution < -0.4 is 9.64 Å². The second-order valence-electron chi connectivity index (χ2n) is 6.82. The fraction of sp³-hybridized carbons (Fsp3) is 0.136. The first-order valence-corrected chi connectivity index (χ1v) is 10.2. The third-order valence-electron chi connectivity index (χ3n) is 4.78. The molecule has 0 saturated carbocycles. The number of methoxy groups -OCH3 is 1. The Morgan fingerprint density at radius 2 is 1.97 bits per heavy atom. The van der Waals surface area contributed by atoms with Crippen LogP contribution in [0, 0.1) is 17.0 Å². The Morgan fingerprint density at radius 3 is 2.61 bits per heavy atom. The summed E-state index contributed by atoms with van der Waals surface area (Å²) in [5.74, 6) is 0.321. The zero-order chi connectivity index (χ0) is 22.0. The lowest BCUT2D eigenvalue weighted by atomic mass is 10.1. The van der Waals surface area contributed by atoms with Gasteiger partial charge in [0.25, 0.3) is 11.6 Å². The largest absolute Gasteiger partial charge is 0.494 e. The molecule has 0 aliphatic rings. The average molecular weight is 434 g/mol. The van der Waals surface area contributed by atoms with E-state index in [-0.39, 0.29) is 18.1 Å². The molecule has 0 aliphatic heterocycles. The Kier molecular flexibility index (Phi) is 5.59. The lowest BCUT2D eigenvalue weighted by Crippen LogP contribution is -2.30. The number of nitro benzene ring substituents is 1. The van der Waals surface area contributed by atoms with Gasteiger partial charge in [0.15, 0.2) is 5.13 Å². The molecule has 0 fully saturated rings. The number of nitro groups is 1. The van der Waals surface area contributed by atoms with E-state index in [0.29, 0.717) is 22.0 Å². The van der Waals surface area contributed by atoms with Crippen LogP contribution in [0.15, 0.2) is 60.9 Å². The molecule has 0 unspecified atom stereocenters. The number of pyridine rings is 1. The molecule has 0 radical (unpaired) electrons. The summed E-state index contributed by atoms with van der Waals surface area (Å²) >= 11 is 1.40. The van der Waals surface area contributed by atoms with Gasteiger partial charge in [-0.2, -0.15) is 0 Å². The summed E-state index contributed by atoms with van der Waals surface area (Å²) in [7, 11) is 1.58. The van der Waals surface area contributed by atoms with Crippen molar-refractivity contribution in [1.29, 1.82) is 0 Å². The predicted octanol–water partition coefficient (Wildman–Crippen LogP) is 4.76. The van der Waals surface area contributed by atoms with E-state index >= 15 is 0 Å². The Bertz CT molecular complexity index is 1260. The second kappa shape index (κ2) is 8.49. The minimum absolute atomic E-state index is 0.0734. The van der Waals surface area contributed by atoms with E-state index in [1.165, 1.54) is 35.6 Å². The minimum Gasteiger partial charge on any atom is -0.494 e. The lowest BCUT2D eigenvalue weighted by molar-refractivity contribution is -0.384. The Balaban J connectivity index is 1.79. The molecular weight excluding hydrogens is 416 g/mol. The molecule has 9 heteroatoms. The number of rotatable bonds is 6. The number of anilines is 1.